The Hall–Kier alpha value is -2.37. The van der Waals surface area contributed by atoms with Crippen molar-refractivity contribution in [1.82, 2.24) is 10.6 Å². The Balaban J connectivity index is 1.89. The third kappa shape index (κ3) is 4.81. The van der Waals surface area contributed by atoms with Crippen molar-refractivity contribution in [2.75, 3.05) is 18.0 Å². The predicted molar refractivity (Wildman–Crippen MR) is 92.5 cm³/mol. The molecule has 1 fully saturated rings. The summed E-state index contributed by atoms with van der Waals surface area (Å²) in [5.41, 5.74) is 1.57. The highest BCUT2D eigenvalue weighted by molar-refractivity contribution is 6.00. The first-order chi connectivity index (χ1) is 11.2. The number of aryl methyl sites for hydroxylation is 1. The highest BCUT2D eigenvalue weighted by atomic mass is 16.2. The van der Waals surface area contributed by atoms with Gasteiger partial charge in [0.15, 0.2) is 0 Å². The smallest absolute Gasteiger partial charge is 0.239 e. The van der Waals surface area contributed by atoms with Crippen molar-refractivity contribution in [1.29, 1.82) is 0 Å². The van der Waals surface area contributed by atoms with E-state index in [1.54, 1.807) is 4.90 Å². The molecule has 24 heavy (non-hydrogen) atoms. The average Bonchev–Trinajstić information content (AvgIpc) is 2.86. The van der Waals surface area contributed by atoms with Gasteiger partial charge in [0.25, 0.3) is 0 Å². The number of carbonyl (C=O) groups excluding carboxylic acids is 3. The Bertz CT molecular complexity index is 632. The van der Waals surface area contributed by atoms with Crippen molar-refractivity contribution in [3.8, 4) is 0 Å². The molecule has 1 aliphatic rings. The van der Waals surface area contributed by atoms with Crippen molar-refractivity contribution < 1.29 is 14.4 Å². The second-order valence-electron chi connectivity index (χ2n) is 7.26. The minimum absolute atomic E-state index is 0.0712. The average molecular weight is 331 g/mol. The number of hydrogen-bond donors (Lipinski definition) is 2. The molecule has 1 heterocycles. The van der Waals surface area contributed by atoms with Gasteiger partial charge in [-0.05, 0) is 39.8 Å². The number of benzene rings is 1. The van der Waals surface area contributed by atoms with Crippen molar-refractivity contribution in [2.24, 2.45) is 5.92 Å². The molecular formula is C18H25N3O3. The zero-order chi connectivity index (χ0) is 17.9. The molecule has 1 aromatic carbocycles. The molecule has 6 nitrogen and oxygen atoms in total. The van der Waals surface area contributed by atoms with Gasteiger partial charge in [0.2, 0.25) is 17.7 Å². The zero-order valence-corrected chi connectivity index (χ0v) is 14.7. The maximum absolute atomic E-state index is 12.2. The largest absolute Gasteiger partial charge is 0.350 e. The molecule has 2 rings (SSSR count). The summed E-state index contributed by atoms with van der Waals surface area (Å²) >= 11 is 0. The molecule has 2 N–H and O–H groups in total. The fourth-order valence-electron chi connectivity index (χ4n) is 2.63. The number of nitrogens with zero attached hydrogens (tertiary/aromatic N) is 1. The first-order valence-electron chi connectivity index (χ1n) is 8.11. The first-order valence-corrected chi connectivity index (χ1v) is 8.11. The molecule has 0 aliphatic carbocycles. The maximum atomic E-state index is 12.2. The van der Waals surface area contributed by atoms with Crippen molar-refractivity contribution in [3.63, 3.8) is 0 Å². The van der Waals surface area contributed by atoms with Gasteiger partial charge in [-0.15, -0.1) is 0 Å². The second-order valence-corrected chi connectivity index (χ2v) is 7.26. The van der Waals surface area contributed by atoms with Crippen molar-refractivity contribution in [2.45, 2.75) is 39.7 Å². The van der Waals surface area contributed by atoms with E-state index in [2.05, 4.69) is 10.6 Å². The van der Waals surface area contributed by atoms with Gasteiger partial charge in [0.05, 0.1) is 12.5 Å². The molecule has 3 amide bonds. The van der Waals surface area contributed by atoms with Gasteiger partial charge in [0.1, 0.15) is 0 Å². The van der Waals surface area contributed by atoms with E-state index < -0.39 is 5.92 Å². The van der Waals surface area contributed by atoms with E-state index >= 15 is 0 Å². The van der Waals surface area contributed by atoms with Gasteiger partial charge in [-0.2, -0.15) is 0 Å². The summed E-state index contributed by atoms with van der Waals surface area (Å²) < 4.78 is 0. The lowest BCUT2D eigenvalue weighted by Gasteiger charge is -2.21. The molecule has 1 atom stereocenters. The van der Waals surface area contributed by atoms with Crippen LogP contribution in [0.15, 0.2) is 24.3 Å². The third-order valence-corrected chi connectivity index (χ3v) is 3.78. The molecule has 0 aromatic heterocycles. The molecule has 1 aromatic rings. The Kier molecular flexibility index (Phi) is 5.26. The molecule has 0 bridgehead atoms. The molecule has 6 heteroatoms. The van der Waals surface area contributed by atoms with Crippen LogP contribution in [0.25, 0.3) is 0 Å². The van der Waals surface area contributed by atoms with Gasteiger partial charge in [-0.1, -0.05) is 17.7 Å². The zero-order valence-electron chi connectivity index (χ0n) is 14.7. The van der Waals surface area contributed by atoms with Crippen LogP contribution in [0.1, 0.15) is 32.8 Å². The summed E-state index contributed by atoms with van der Waals surface area (Å²) in [6.45, 7) is 7.87. The van der Waals surface area contributed by atoms with E-state index in [1.165, 1.54) is 0 Å². The summed E-state index contributed by atoms with van der Waals surface area (Å²) in [5, 5.41) is 5.40. The van der Waals surface area contributed by atoms with Crippen LogP contribution < -0.4 is 15.5 Å². The molecule has 0 saturated carbocycles. The van der Waals surface area contributed by atoms with E-state index in [0.29, 0.717) is 6.54 Å². The van der Waals surface area contributed by atoms with Crippen LogP contribution in [-0.2, 0) is 14.4 Å². The van der Waals surface area contributed by atoms with Crippen molar-refractivity contribution in [3.05, 3.63) is 29.8 Å². The monoisotopic (exact) mass is 331 g/mol. The minimum atomic E-state index is -0.429. The van der Waals surface area contributed by atoms with E-state index in [1.807, 2.05) is 52.0 Å². The third-order valence-electron chi connectivity index (χ3n) is 3.78. The van der Waals surface area contributed by atoms with Crippen LogP contribution >= 0.6 is 0 Å². The van der Waals surface area contributed by atoms with Crippen LogP contribution in [0.4, 0.5) is 5.69 Å². The summed E-state index contributed by atoms with van der Waals surface area (Å²) in [5.74, 6) is -1.00. The fourth-order valence-corrected chi connectivity index (χ4v) is 2.63. The number of carbonyl (C=O) groups is 3. The van der Waals surface area contributed by atoms with E-state index in [9.17, 15) is 14.4 Å². The summed E-state index contributed by atoms with van der Waals surface area (Å²) in [6.07, 6.45) is 0.167. The lowest BCUT2D eigenvalue weighted by molar-refractivity contribution is -0.129. The van der Waals surface area contributed by atoms with Gasteiger partial charge >= 0.3 is 0 Å². The molecule has 0 spiro atoms. The number of rotatable bonds is 4. The number of amides is 3. The Morgan fingerprint density at radius 3 is 2.42 bits per heavy atom. The lowest BCUT2D eigenvalue weighted by Crippen LogP contribution is -2.46. The molecule has 1 aliphatic heterocycles. The second kappa shape index (κ2) is 7.03. The molecule has 130 valence electrons. The van der Waals surface area contributed by atoms with Crippen LogP contribution in [-0.4, -0.2) is 36.3 Å². The van der Waals surface area contributed by atoms with Gasteiger partial charge in [-0.3, -0.25) is 14.4 Å². The first kappa shape index (κ1) is 18.0. The van der Waals surface area contributed by atoms with Crippen LogP contribution in [0.3, 0.4) is 0 Å². The number of hydrogen-bond acceptors (Lipinski definition) is 3. The number of anilines is 1. The van der Waals surface area contributed by atoms with Crippen molar-refractivity contribution >= 4 is 23.4 Å². The van der Waals surface area contributed by atoms with Crippen LogP contribution in [0.5, 0.6) is 0 Å². The quantitative estimate of drug-likeness (QED) is 0.875. The Morgan fingerprint density at radius 1 is 1.21 bits per heavy atom. The topological polar surface area (TPSA) is 78.5 Å². The SMILES string of the molecule is Cc1ccc(N2CC(C(=O)NCC(=O)NC(C)(C)C)CC2=O)cc1. The summed E-state index contributed by atoms with van der Waals surface area (Å²) in [7, 11) is 0. The van der Waals surface area contributed by atoms with Crippen LogP contribution in [0, 0.1) is 12.8 Å². The van der Waals surface area contributed by atoms with E-state index in [0.717, 1.165) is 11.3 Å². The van der Waals surface area contributed by atoms with E-state index in [4.69, 9.17) is 0 Å². The molecule has 1 saturated heterocycles. The highest BCUT2D eigenvalue weighted by Gasteiger charge is 2.35. The van der Waals surface area contributed by atoms with Gasteiger partial charge in [0, 0.05) is 24.2 Å². The Morgan fingerprint density at radius 2 is 1.83 bits per heavy atom. The normalized spacial score (nSPS) is 17.8. The maximum Gasteiger partial charge on any atom is 0.239 e. The predicted octanol–water partition coefficient (Wildman–Crippen LogP) is 1.38. The van der Waals surface area contributed by atoms with E-state index in [-0.39, 0.29) is 36.2 Å². The van der Waals surface area contributed by atoms with Gasteiger partial charge in [-0.25, -0.2) is 0 Å². The molecule has 0 radical (unpaired) electrons. The standard InChI is InChI=1S/C18H25N3O3/c1-12-5-7-14(8-6-12)21-11-13(9-16(21)23)17(24)19-10-15(22)20-18(2,3)4/h5-8,13H,9-11H2,1-4H3,(H,19,24)(H,20,22). The van der Waals surface area contributed by atoms with Gasteiger partial charge < -0.3 is 15.5 Å². The highest BCUT2D eigenvalue weighted by Crippen LogP contribution is 2.25. The molecule has 1 unspecified atom stereocenters. The molecular weight excluding hydrogens is 306 g/mol. The minimum Gasteiger partial charge on any atom is -0.350 e. The Labute approximate surface area is 142 Å². The summed E-state index contributed by atoms with van der Waals surface area (Å²) in [6, 6.07) is 7.63. The van der Waals surface area contributed by atoms with Crippen LogP contribution in [0.2, 0.25) is 0 Å². The summed E-state index contributed by atoms with van der Waals surface area (Å²) in [4.78, 5) is 37.8. The lowest BCUT2D eigenvalue weighted by atomic mass is 10.1. The number of nitrogens with one attached hydrogen (secondary N) is 2. The fraction of sp³-hybridized carbons (Fsp3) is 0.500.